The van der Waals surface area contributed by atoms with Crippen molar-refractivity contribution in [3.63, 3.8) is 0 Å². The third-order valence-corrected chi connectivity index (χ3v) is 3.27. The van der Waals surface area contributed by atoms with Crippen molar-refractivity contribution in [2.24, 2.45) is 5.92 Å². The van der Waals surface area contributed by atoms with E-state index in [9.17, 15) is 5.11 Å². The quantitative estimate of drug-likeness (QED) is 0.686. The fourth-order valence-electron chi connectivity index (χ4n) is 1.89. The van der Waals surface area contributed by atoms with Crippen molar-refractivity contribution in [2.45, 2.75) is 58.1 Å². The Labute approximate surface area is 81.7 Å². The van der Waals surface area contributed by atoms with E-state index in [1.165, 1.54) is 25.7 Å². The highest BCUT2D eigenvalue weighted by atomic mass is 16.3. The van der Waals surface area contributed by atoms with Crippen molar-refractivity contribution in [3.05, 3.63) is 0 Å². The van der Waals surface area contributed by atoms with Gasteiger partial charge in [0, 0.05) is 12.6 Å². The van der Waals surface area contributed by atoms with Crippen molar-refractivity contribution in [2.75, 3.05) is 6.54 Å². The molecule has 1 aliphatic carbocycles. The van der Waals surface area contributed by atoms with E-state index >= 15 is 0 Å². The lowest BCUT2D eigenvalue weighted by Gasteiger charge is -2.20. The van der Waals surface area contributed by atoms with Gasteiger partial charge in [0.2, 0.25) is 0 Å². The van der Waals surface area contributed by atoms with E-state index in [-0.39, 0.29) is 6.10 Å². The zero-order valence-corrected chi connectivity index (χ0v) is 8.92. The van der Waals surface area contributed by atoms with Crippen LogP contribution < -0.4 is 5.32 Å². The lowest BCUT2D eigenvalue weighted by molar-refractivity contribution is 0.110. The Morgan fingerprint density at radius 1 is 1.38 bits per heavy atom. The Bertz CT molecular complexity index is 132. The third-order valence-electron chi connectivity index (χ3n) is 3.27. The molecule has 0 heterocycles. The van der Waals surface area contributed by atoms with Crippen LogP contribution >= 0.6 is 0 Å². The van der Waals surface area contributed by atoms with Gasteiger partial charge in [-0.15, -0.1) is 0 Å². The summed E-state index contributed by atoms with van der Waals surface area (Å²) in [5.74, 6) is 0.425. The van der Waals surface area contributed by atoms with E-state index in [1.807, 2.05) is 0 Å². The van der Waals surface area contributed by atoms with Gasteiger partial charge in [0.05, 0.1) is 6.10 Å². The lowest BCUT2D eigenvalue weighted by atomic mass is 10.0. The van der Waals surface area contributed by atoms with Crippen LogP contribution in [0.15, 0.2) is 0 Å². The van der Waals surface area contributed by atoms with Crippen LogP contribution in [-0.2, 0) is 0 Å². The maximum absolute atomic E-state index is 9.72. The van der Waals surface area contributed by atoms with Crippen LogP contribution in [0.1, 0.15) is 46.0 Å². The number of aliphatic hydroxyl groups is 1. The van der Waals surface area contributed by atoms with Gasteiger partial charge < -0.3 is 10.4 Å². The molecule has 1 rings (SSSR count). The molecular formula is C11H23NO. The minimum Gasteiger partial charge on any atom is -0.392 e. The van der Waals surface area contributed by atoms with Crippen molar-refractivity contribution >= 4 is 0 Å². The normalized spacial score (nSPS) is 23.3. The zero-order valence-electron chi connectivity index (χ0n) is 8.92. The minimum atomic E-state index is -0.161. The van der Waals surface area contributed by atoms with Crippen LogP contribution in [0.5, 0.6) is 0 Å². The molecule has 2 heteroatoms. The highest BCUT2D eigenvalue weighted by molar-refractivity contribution is 4.76. The summed E-state index contributed by atoms with van der Waals surface area (Å²) in [6, 6.07) is 0.679. The molecule has 13 heavy (non-hydrogen) atoms. The van der Waals surface area contributed by atoms with Gasteiger partial charge in [0.15, 0.2) is 0 Å². The van der Waals surface area contributed by atoms with Crippen LogP contribution in [0.3, 0.4) is 0 Å². The monoisotopic (exact) mass is 185 g/mol. The topological polar surface area (TPSA) is 32.3 Å². The van der Waals surface area contributed by atoms with Gasteiger partial charge in [-0.2, -0.15) is 0 Å². The predicted octanol–water partition coefficient (Wildman–Crippen LogP) is 1.93. The van der Waals surface area contributed by atoms with E-state index in [0.717, 1.165) is 13.0 Å². The van der Waals surface area contributed by atoms with Gasteiger partial charge in [0.25, 0.3) is 0 Å². The van der Waals surface area contributed by atoms with Crippen LogP contribution in [0, 0.1) is 5.92 Å². The number of nitrogens with one attached hydrogen (secondary N) is 1. The van der Waals surface area contributed by atoms with Gasteiger partial charge >= 0.3 is 0 Å². The van der Waals surface area contributed by atoms with Crippen molar-refractivity contribution in [1.29, 1.82) is 0 Å². The third kappa shape index (κ3) is 3.65. The van der Waals surface area contributed by atoms with Crippen LogP contribution in [0.25, 0.3) is 0 Å². The average Bonchev–Trinajstić information content (AvgIpc) is 2.65. The number of hydrogen-bond donors (Lipinski definition) is 2. The van der Waals surface area contributed by atoms with Gasteiger partial charge in [-0.25, -0.2) is 0 Å². The summed E-state index contributed by atoms with van der Waals surface area (Å²) in [5, 5.41) is 13.2. The number of hydrogen-bond acceptors (Lipinski definition) is 2. The summed E-state index contributed by atoms with van der Waals surface area (Å²) >= 11 is 0. The molecule has 2 unspecified atom stereocenters. The largest absolute Gasteiger partial charge is 0.392 e. The first-order valence-corrected chi connectivity index (χ1v) is 5.65. The highest BCUT2D eigenvalue weighted by Crippen LogP contribution is 2.17. The smallest absolute Gasteiger partial charge is 0.0690 e. The fourth-order valence-corrected chi connectivity index (χ4v) is 1.89. The summed E-state index contributed by atoms with van der Waals surface area (Å²) in [4.78, 5) is 0. The van der Waals surface area contributed by atoms with Crippen LogP contribution in [0.4, 0.5) is 0 Å². The Balaban J connectivity index is 2.10. The average molecular weight is 185 g/mol. The summed E-state index contributed by atoms with van der Waals surface area (Å²) in [6.07, 6.45) is 6.22. The molecular weight excluding hydrogens is 162 g/mol. The molecule has 0 radical (unpaired) electrons. The molecule has 78 valence electrons. The second kappa shape index (κ2) is 5.61. The van der Waals surface area contributed by atoms with Gasteiger partial charge in [0.1, 0.15) is 0 Å². The summed E-state index contributed by atoms with van der Waals surface area (Å²) in [7, 11) is 0. The molecule has 0 spiro atoms. The lowest BCUT2D eigenvalue weighted by Crippen LogP contribution is -2.36. The van der Waals surface area contributed by atoms with Gasteiger partial charge in [-0.05, 0) is 18.8 Å². The Morgan fingerprint density at radius 2 is 2.00 bits per heavy atom. The molecule has 0 aromatic heterocycles. The molecule has 1 aliphatic rings. The minimum absolute atomic E-state index is 0.161. The molecule has 1 fully saturated rings. The Kier molecular flexibility index (Phi) is 4.74. The maximum atomic E-state index is 9.72. The molecule has 2 atom stereocenters. The van der Waals surface area contributed by atoms with Crippen molar-refractivity contribution in [3.8, 4) is 0 Å². The van der Waals surface area contributed by atoms with Crippen molar-refractivity contribution in [1.82, 2.24) is 5.32 Å². The Hall–Kier alpha value is -0.0800. The fraction of sp³-hybridized carbons (Fsp3) is 1.00. The second-order valence-electron chi connectivity index (χ2n) is 4.34. The van der Waals surface area contributed by atoms with E-state index in [2.05, 4.69) is 19.2 Å². The number of aliphatic hydroxyl groups excluding tert-OH is 1. The van der Waals surface area contributed by atoms with Crippen LogP contribution in [0.2, 0.25) is 0 Å². The molecule has 0 aromatic rings. The molecule has 0 aliphatic heterocycles. The Morgan fingerprint density at radius 3 is 2.54 bits per heavy atom. The second-order valence-corrected chi connectivity index (χ2v) is 4.34. The summed E-state index contributed by atoms with van der Waals surface area (Å²) in [5.41, 5.74) is 0. The molecule has 0 bridgehead atoms. The molecule has 1 saturated carbocycles. The molecule has 0 aromatic carbocycles. The van der Waals surface area contributed by atoms with E-state index in [0.29, 0.717) is 12.0 Å². The molecule has 2 nitrogen and oxygen atoms in total. The standard InChI is InChI=1S/C11H23NO/c1-3-9(2)11(13)8-12-10-6-4-5-7-10/h9-13H,3-8H2,1-2H3. The van der Waals surface area contributed by atoms with Crippen molar-refractivity contribution < 1.29 is 5.11 Å². The van der Waals surface area contributed by atoms with E-state index in [4.69, 9.17) is 0 Å². The SMILES string of the molecule is CCC(C)C(O)CNC1CCCC1. The summed E-state index contributed by atoms with van der Waals surface area (Å²) in [6.45, 7) is 5.02. The highest BCUT2D eigenvalue weighted by Gasteiger charge is 2.17. The van der Waals surface area contributed by atoms with E-state index in [1.54, 1.807) is 0 Å². The predicted molar refractivity (Wildman–Crippen MR) is 55.7 cm³/mol. The maximum Gasteiger partial charge on any atom is 0.0690 e. The zero-order chi connectivity index (χ0) is 9.68. The number of rotatable bonds is 5. The first kappa shape index (κ1) is 11.0. The first-order chi connectivity index (χ1) is 6.24. The van der Waals surface area contributed by atoms with E-state index < -0.39 is 0 Å². The molecule has 0 saturated heterocycles. The van der Waals surface area contributed by atoms with Gasteiger partial charge in [-0.3, -0.25) is 0 Å². The summed E-state index contributed by atoms with van der Waals surface area (Å²) < 4.78 is 0. The molecule has 0 amide bonds. The first-order valence-electron chi connectivity index (χ1n) is 5.65. The molecule has 2 N–H and O–H groups in total. The van der Waals surface area contributed by atoms with Crippen LogP contribution in [-0.4, -0.2) is 23.8 Å². The van der Waals surface area contributed by atoms with Gasteiger partial charge in [-0.1, -0.05) is 33.1 Å².